The fourth-order valence-corrected chi connectivity index (χ4v) is 4.36. The zero-order valence-electron chi connectivity index (χ0n) is 22.4. The Kier molecular flexibility index (Phi) is 9.62. The largest absolute Gasteiger partial charge is 0.469 e. The third-order valence-electron chi connectivity index (χ3n) is 6.28. The van der Waals surface area contributed by atoms with Crippen LogP contribution in [0.4, 0.5) is 24.5 Å². The van der Waals surface area contributed by atoms with Crippen molar-refractivity contribution in [2.24, 2.45) is 5.73 Å². The molecule has 0 radical (unpaired) electrons. The summed E-state index contributed by atoms with van der Waals surface area (Å²) in [5, 5.41) is 13.1. The second-order valence-corrected chi connectivity index (χ2v) is 8.67. The maximum atomic E-state index is 13.8. The molecular weight excluding hydrogens is 545 g/mol. The van der Waals surface area contributed by atoms with Gasteiger partial charge in [0.15, 0.2) is 0 Å². The molecule has 10 nitrogen and oxygen atoms in total. The number of alkyl halides is 3. The molecule has 2 aromatic rings. The summed E-state index contributed by atoms with van der Waals surface area (Å²) in [4.78, 5) is 38.9. The van der Waals surface area contributed by atoms with Crippen molar-refractivity contribution in [2.75, 3.05) is 38.1 Å². The van der Waals surface area contributed by atoms with Gasteiger partial charge < -0.3 is 25.3 Å². The first-order chi connectivity index (χ1) is 19.5. The molecule has 0 spiro atoms. The molecule has 1 unspecified atom stereocenters. The maximum Gasteiger partial charge on any atom is 0.416 e. The minimum absolute atomic E-state index is 0.0301. The molecule has 1 aliphatic rings. The van der Waals surface area contributed by atoms with E-state index >= 15 is 0 Å². The molecular formula is C28H27F3N4O6. The van der Waals surface area contributed by atoms with Gasteiger partial charge >= 0.3 is 24.1 Å². The lowest BCUT2D eigenvalue weighted by Gasteiger charge is -2.37. The Morgan fingerprint density at radius 1 is 1.02 bits per heavy atom. The number of ether oxygens (including phenoxy) is 3. The summed E-state index contributed by atoms with van der Waals surface area (Å²) in [6.45, 7) is 0.115. The smallest absolute Gasteiger partial charge is 0.416 e. The van der Waals surface area contributed by atoms with E-state index in [1.165, 1.54) is 7.11 Å². The van der Waals surface area contributed by atoms with E-state index in [0.717, 1.165) is 37.3 Å². The number of carbonyl (C=O) groups is 3. The number of allylic oxidation sites excluding steroid dienone is 1. The first-order valence-corrected chi connectivity index (χ1v) is 12.2. The van der Waals surface area contributed by atoms with Crippen LogP contribution >= 0.6 is 0 Å². The fourth-order valence-electron chi connectivity index (χ4n) is 4.36. The highest BCUT2D eigenvalue weighted by Crippen LogP contribution is 2.46. The summed E-state index contributed by atoms with van der Waals surface area (Å²) in [6, 6.07) is 12.8. The molecule has 0 bridgehead atoms. The second kappa shape index (κ2) is 12.9. The van der Waals surface area contributed by atoms with Gasteiger partial charge in [0.2, 0.25) is 0 Å². The average molecular weight is 573 g/mol. The Balaban J connectivity index is 2.34. The lowest BCUT2D eigenvalue weighted by molar-refractivity contribution is -0.141. The fraction of sp³-hybridized carbons (Fsp3) is 0.286. The van der Waals surface area contributed by atoms with Crippen LogP contribution in [0.1, 0.15) is 29.9 Å². The zero-order valence-corrected chi connectivity index (χ0v) is 22.4. The van der Waals surface area contributed by atoms with Crippen molar-refractivity contribution in [3.05, 3.63) is 82.3 Å². The van der Waals surface area contributed by atoms with Gasteiger partial charge in [-0.25, -0.2) is 9.59 Å². The molecule has 0 saturated carbocycles. The van der Waals surface area contributed by atoms with Crippen LogP contribution < -0.4 is 16.0 Å². The van der Waals surface area contributed by atoms with E-state index < -0.39 is 47.1 Å². The van der Waals surface area contributed by atoms with Gasteiger partial charge in [0.05, 0.1) is 61.4 Å². The van der Waals surface area contributed by atoms with E-state index in [1.54, 1.807) is 30.3 Å². The quantitative estimate of drug-likeness (QED) is 0.257. The third kappa shape index (κ3) is 6.43. The van der Waals surface area contributed by atoms with E-state index in [4.69, 9.17) is 15.2 Å². The molecule has 0 saturated heterocycles. The molecule has 1 aliphatic heterocycles. The van der Waals surface area contributed by atoms with Crippen molar-refractivity contribution in [2.45, 2.75) is 24.9 Å². The van der Waals surface area contributed by atoms with Crippen molar-refractivity contribution < 1.29 is 41.8 Å². The standard InChI is InChI=1S/C28H27F3N4O6/c1-39-21(36)10-7-13-34-19-12-11-17(28(29,30)31)14-20(19)35-24(27(38)41-3)23(26(37)40-2)22(18(15-32)25(35)33)16-8-5-4-6-9-16/h4-6,8-9,11-12,14,22,34H,7,10,13,33H2,1-3H3. The van der Waals surface area contributed by atoms with Gasteiger partial charge in [-0.1, -0.05) is 30.3 Å². The minimum Gasteiger partial charge on any atom is -0.469 e. The molecule has 0 fully saturated rings. The minimum atomic E-state index is -4.79. The molecule has 216 valence electrons. The summed E-state index contributed by atoms with van der Waals surface area (Å²) in [6.07, 6.45) is -4.51. The normalized spacial score (nSPS) is 15.2. The van der Waals surface area contributed by atoms with E-state index in [2.05, 4.69) is 10.1 Å². The average Bonchev–Trinajstić information content (AvgIpc) is 2.97. The number of methoxy groups -OCH3 is 3. The highest BCUT2D eigenvalue weighted by molar-refractivity contribution is 6.07. The second-order valence-electron chi connectivity index (χ2n) is 8.67. The molecule has 3 N–H and O–H groups in total. The molecule has 41 heavy (non-hydrogen) atoms. The summed E-state index contributed by atoms with van der Waals surface area (Å²) in [7, 11) is 3.31. The van der Waals surface area contributed by atoms with Crippen molar-refractivity contribution >= 4 is 29.3 Å². The summed E-state index contributed by atoms with van der Waals surface area (Å²) >= 11 is 0. The number of halogens is 3. The number of anilines is 2. The highest BCUT2D eigenvalue weighted by Gasteiger charge is 2.44. The van der Waals surface area contributed by atoms with Crippen LogP contribution in [0.15, 0.2) is 71.2 Å². The topological polar surface area (TPSA) is 144 Å². The number of rotatable bonds is 9. The summed E-state index contributed by atoms with van der Waals surface area (Å²) < 4.78 is 56.0. The summed E-state index contributed by atoms with van der Waals surface area (Å²) in [5.74, 6) is -4.20. The Morgan fingerprint density at radius 3 is 2.24 bits per heavy atom. The van der Waals surface area contributed by atoms with Gasteiger partial charge in [0.1, 0.15) is 11.5 Å². The first-order valence-electron chi connectivity index (χ1n) is 12.2. The van der Waals surface area contributed by atoms with Crippen LogP contribution in [0.2, 0.25) is 0 Å². The molecule has 3 rings (SSSR count). The van der Waals surface area contributed by atoms with Crippen molar-refractivity contribution in [3.8, 4) is 6.07 Å². The molecule has 2 aromatic carbocycles. The summed E-state index contributed by atoms with van der Waals surface area (Å²) in [5.41, 5.74) is 4.43. The van der Waals surface area contributed by atoms with Crippen molar-refractivity contribution in [1.82, 2.24) is 0 Å². The van der Waals surface area contributed by atoms with Crippen LogP contribution in [-0.2, 0) is 34.8 Å². The van der Waals surface area contributed by atoms with Crippen LogP contribution in [-0.4, -0.2) is 45.8 Å². The SMILES string of the molecule is COC(=O)CCCNc1ccc(C(F)(F)F)cc1N1C(N)=C(C#N)C(c2ccccc2)C(C(=O)OC)=C1C(=O)OC. The van der Waals surface area contributed by atoms with Crippen LogP contribution in [0.25, 0.3) is 0 Å². The number of nitrogens with two attached hydrogens (primary N) is 1. The maximum absolute atomic E-state index is 13.8. The number of nitrogens with zero attached hydrogens (tertiary/aromatic N) is 2. The Hall–Kier alpha value is -4.99. The van der Waals surface area contributed by atoms with E-state index in [-0.39, 0.29) is 41.9 Å². The highest BCUT2D eigenvalue weighted by atomic mass is 19.4. The van der Waals surface area contributed by atoms with E-state index in [1.807, 2.05) is 6.07 Å². The van der Waals surface area contributed by atoms with E-state index in [0.29, 0.717) is 5.56 Å². The van der Waals surface area contributed by atoms with Crippen LogP contribution in [0.3, 0.4) is 0 Å². The lowest BCUT2D eigenvalue weighted by Crippen LogP contribution is -2.41. The molecule has 0 aliphatic carbocycles. The lowest BCUT2D eigenvalue weighted by atomic mass is 9.81. The first kappa shape index (κ1) is 30.6. The number of esters is 3. The van der Waals surface area contributed by atoms with Crippen LogP contribution in [0, 0.1) is 11.3 Å². The molecule has 1 atom stereocenters. The number of nitrogens with one attached hydrogen (secondary N) is 1. The molecule has 0 amide bonds. The Morgan fingerprint density at radius 2 is 1.68 bits per heavy atom. The van der Waals surface area contributed by atoms with Gasteiger partial charge in [-0.15, -0.1) is 0 Å². The predicted octanol–water partition coefficient (Wildman–Crippen LogP) is 3.97. The monoisotopic (exact) mass is 572 g/mol. The molecule has 1 heterocycles. The van der Waals surface area contributed by atoms with E-state index in [9.17, 15) is 32.8 Å². The number of nitriles is 1. The number of hydrogen-bond donors (Lipinski definition) is 2. The van der Waals surface area contributed by atoms with Crippen molar-refractivity contribution in [3.63, 3.8) is 0 Å². The molecule has 13 heteroatoms. The Labute approximate surface area is 233 Å². The number of hydrogen-bond acceptors (Lipinski definition) is 10. The van der Waals surface area contributed by atoms with Gasteiger partial charge in [0.25, 0.3) is 0 Å². The van der Waals surface area contributed by atoms with Gasteiger partial charge in [-0.2, -0.15) is 18.4 Å². The third-order valence-corrected chi connectivity index (χ3v) is 6.28. The van der Waals surface area contributed by atoms with Crippen molar-refractivity contribution in [1.29, 1.82) is 5.26 Å². The van der Waals surface area contributed by atoms with Crippen LogP contribution in [0.5, 0.6) is 0 Å². The van der Waals surface area contributed by atoms with Gasteiger partial charge in [-0.3, -0.25) is 9.69 Å². The Bertz CT molecular complexity index is 1430. The van der Waals surface area contributed by atoms with Gasteiger partial charge in [0, 0.05) is 13.0 Å². The predicted molar refractivity (Wildman–Crippen MR) is 141 cm³/mol. The number of benzene rings is 2. The molecule has 0 aromatic heterocycles. The zero-order chi connectivity index (χ0) is 30.3. The van der Waals surface area contributed by atoms with Gasteiger partial charge in [-0.05, 0) is 30.2 Å². The number of carbonyl (C=O) groups excluding carboxylic acids is 3.